The van der Waals surface area contributed by atoms with Gasteiger partial charge in [-0.2, -0.15) is 13.2 Å². The van der Waals surface area contributed by atoms with E-state index in [1.54, 1.807) is 18.2 Å². The average molecular weight is 269 g/mol. The summed E-state index contributed by atoms with van der Waals surface area (Å²) in [6.45, 7) is 0. The van der Waals surface area contributed by atoms with Crippen LogP contribution >= 0.6 is 0 Å². The second-order valence-electron chi connectivity index (χ2n) is 5.43. The van der Waals surface area contributed by atoms with Crippen LogP contribution in [0.4, 0.5) is 18.9 Å². The van der Waals surface area contributed by atoms with Gasteiger partial charge in [0.15, 0.2) is 0 Å². The molecular formula is C14H14F3NO. The zero-order chi connectivity index (χ0) is 13.7. The van der Waals surface area contributed by atoms with Gasteiger partial charge in [0.25, 0.3) is 0 Å². The molecule has 3 rings (SSSR count). The summed E-state index contributed by atoms with van der Waals surface area (Å²) in [4.78, 5) is 11.8. The van der Waals surface area contributed by atoms with Crippen LogP contribution in [0.15, 0.2) is 24.3 Å². The molecule has 2 fully saturated rings. The Bertz CT molecular complexity index is 516. The summed E-state index contributed by atoms with van der Waals surface area (Å²) in [5.74, 6) is -0.415. The first kappa shape index (κ1) is 12.5. The number of halogens is 3. The largest absolute Gasteiger partial charge is 0.403 e. The number of anilines is 1. The lowest BCUT2D eigenvalue weighted by molar-refractivity contribution is -0.189. The van der Waals surface area contributed by atoms with Crippen molar-refractivity contribution in [1.82, 2.24) is 0 Å². The summed E-state index contributed by atoms with van der Waals surface area (Å²) in [5.41, 5.74) is -0.595. The molecule has 1 aromatic carbocycles. The summed E-state index contributed by atoms with van der Waals surface area (Å²) < 4.78 is 38.4. The molecule has 2 nitrogen and oxygen atoms in total. The maximum absolute atomic E-state index is 12.8. The number of nitrogens with one attached hydrogen (secondary N) is 1. The molecule has 102 valence electrons. The van der Waals surface area contributed by atoms with Crippen molar-refractivity contribution in [2.45, 2.75) is 37.8 Å². The van der Waals surface area contributed by atoms with E-state index in [9.17, 15) is 18.0 Å². The van der Waals surface area contributed by atoms with Crippen LogP contribution in [0.2, 0.25) is 0 Å². The first-order chi connectivity index (χ1) is 8.92. The van der Waals surface area contributed by atoms with Crippen molar-refractivity contribution < 1.29 is 18.0 Å². The van der Waals surface area contributed by atoms with Crippen LogP contribution in [0, 0.1) is 5.41 Å². The lowest BCUT2D eigenvalue weighted by atomic mass is 10.1. The minimum Gasteiger partial charge on any atom is -0.325 e. The highest BCUT2D eigenvalue weighted by molar-refractivity contribution is 5.97. The monoisotopic (exact) mass is 269 g/mol. The van der Waals surface area contributed by atoms with Gasteiger partial charge in [-0.1, -0.05) is 12.1 Å². The fourth-order valence-electron chi connectivity index (χ4n) is 2.30. The van der Waals surface area contributed by atoms with Crippen LogP contribution in [0.5, 0.6) is 0 Å². The standard InChI is InChI=1S/C14H14F3NO/c15-14(16,17)13(6-7-13)12(19)18-11-3-1-2-10(8-11)9-4-5-9/h1-3,8-9H,4-7H2,(H,18,19). The predicted molar refractivity (Wildman–Crippen MR) is 64.8 cm³/mol. The minimum atomic E-state index is -4.45. The van der Waals surface area contributed by atoms with Gasteiger partial charge in [-0.3, -0.25) is 4.79 Å². The van der Waals surface area contributed by atoms with Crippen LogP contribution in [0.25, 0.3) is 0 Å². The number of carbonyl (C=O) groups excluding carboxylic acids is 1. The van der Waals surface area contributed by atoms with Crippen molar-refractivity contribution in [2.75, 3.05) is 5.32 Å². The van der Waals surface area contributed by atoms with Gasteiger partial charge in [0.2, 0.25) is 5.91 Å². The van der Waals surface area contributed by atoms with Gasteiger partial charge in [0.05, 0.1) is 0 Å². The van der Waals surface area contributed by atoms with Crippen LogP contribution in [0.1, 0.15) is 37.2 Å². The lowest BCUT2D eigenvalue weighted by Crippen LogP contribution is -2.36. The zero-order valence-electron chi connectivity index (χ0n) is 10.3. The van der Waals surface area contributed by atoms with E-state index in [0.717, 1.165) is 18.4 Å². The van der Waals surface area contributed by atoms with E-state index in [1.807, 2.05) is 6.07 Å². The van der Waals surface area contributed by atoms with Gasteiger partial charge in [0, 0.05) is 5.69 Å². The molecule has 0 heterocycles. The van der Waals surface area contributed by atoms with Crippen molar-refractivity contribution in [1.29, 1.82) is 0 Å². The van der Waals surface area contributed by atoms with Crippen LogP contribution in [-0.2, 0) is 4.79 Å². The molecule has 0 unspecified atom stereocenters. The van der Waals surface area contributed by atoms with E-state index in [4.69, 9.17) is 0 Å². The third kappa shape index (κ3) is 2.22. The number of benzene rings is 1. The lowest BCUT2D eigenvalue weighted by Gasteiger charge is -2.18. The van der Waals surface area contributed by atoms with Gasteiger partial charge in [0.1, 0.15) is 5.41 Å². The van der Waals surface area contributed by atoms with Gasteiger partial charge >= 0.3 is 6.18 Å². The van der Waals surface area contributed by atoms with Gasteiger partial charge in [-0.25, -0.2) is 0 Å². The third-order valence-corrected chi connectivity index (χ3v) is 3.92. The SMILES string of the molecule is O=C(Nc1cccc(C2CC2)c1)C1(C(F)(F)F)CC1. The molecule has 1 aromatic rings. The minimum absolute atomic E-state index is 0.106. The smallest absolute Gasteiger partial charge is 0.325 e. The molecule has 2 aliphatic rings. The molecule has 5 heteroatoms. The molecule has 2 aliphatic carbocycles. The van der Waals surface area contributed by atoms with Crippen molar-refractivity contribution in [3.63, 3.8) is 0 Å². The summed E-state index contributed by atoms with van der Waals surface area (Å²) in [6.07, 6.45) is -2.44. The topological polar surface area (TPSA) is 29.1 Å². The molecular weight excluding hydrogens is 255 g/mol. The molecule has 0 radical (unpaired) electrons. The molecule has 2 saturated carbocycles. The van der Waals surface area contributed by atoms with Crippen LogP contribution in [-0.4, -0.2) is 12.1 Å². The molecule has 0 saturated heterocycles. The van der Waals surface area contributed by atoms with Gasteiger partial charge < -0.3 is 5.32 Å². The summed E-state index contributed by atoms with van der Waals surface area (Å²) in [7, 11) is 0. The number of amides is 1. The highest BCUT2D eigenvalue weighted by Crippen LogP contribution is 2.58. The van der Waals surface area contributed by atoms with E-state index in [1.165, 1.54) is 0 Å². The Morgan fingerprint density at radius 3 is 2.47 bits per heavy atom. The fourth-order valence-corrected chi connectivity index (χ4v) is 2.30. The summed E-state index contributed by atoms with van der Waals surface area (Å²) in [5, 5.41) is 2.42. The van der Waals surface area contributed by atoms with E-state index < -0.39 is 17.5 Å². The Labute approximate surface area is 109 Å². The Balaban J connectivity index is 1.75. The van der Waals surface area contributed by atoms with Crippen molar-refractivity contribution >= 4 is 11.6 Å². The Morgan fingerprint density at radius 1 is 1.26 bits per heavy atom. The second kappa shape index (κ2) is 3.99. The van der Waals surface area contributed by atoms with Crippen LogP contribution < -0.4 is 5.32 Å². The first-order valence-corrected chi connectivity index (χ1v) is 6.40. The van der Waals surface area contributed by atoms with Crippen LogP contribution in [0.3, 0.4) is 0 Å². The summed E-state index contributed by atoms with van der Waals surface area (Å²) >= 11 is 0. The maximum Gasteiger partial charge on any atom is 0.403 e. The molecule has 0 spiro atoms. The highest BCUT2D eigenvalue weighted by atomic mass is 19.4. The van der Waals surface area contributed by atoms with E-state index in [0.29, 0.717) is 11.6 Å². The fraction of sp³-hybridized carbons (Fsp3) is 0.500. The van der Waals surface area contributed by atoms with E-state index in [2.05, 4.69) is 5.32 Å². The highest BCUT2D eigenvalue weighted by Gasteiger charge is 2.68. The maximum atomic E-state index is 12.8. The molecule has 0 bridgehead atoms. The Morgan fingerprint density at radius 2 is 1.95 bits per heavy atom. The molecule has 19 heavy (non-hydrogen) atoms. The molecule has 1 amide bonds. The third-order valence-electron chi connectivity index (χ3n) is 3.92. The van der Waals surface area contributed by atoms with Crippen molar-refractivity contribution in [3.8, 4) is 0 Å². The predicted octanol–water partition coefficient (Wildman–Crippen LogP) is 3.85. The van der Waals surface area contributed by atoms with Crippen molar-refractivity contribution in [2.24, 2.45) is 5.41 Å². The quantitative estimate of drug-likeness (QED) is 0.887. The molecule has 0 atom stereocenters. The summed E-state index contributed by atoms with van der Waals surface area (Å²) in [6, 6.07) is 7.14. The Hall–Kier alpha value is -1.52. The Kier molecular flexibility index (Phi) is 2.62. The normalized spacial score (nSPS) is 21.0. The van der Waals surface area contributed by atoms with Gasteiger partial charge in [-0.05, 0) is 49.3 Å². The van der Waals surface area contributed by atoms with Crippen molar-refractivity contribution in [3.05, 3.63) is 29.8 Å². The average Bonchev–Trinajstić information content (AvgIpc) is 3.20. The second-order valence-corrected chi connectivity index (χ2v) is 5.43. The number of carbonyl (C=O) groups is 1. The first-order valence-electron chi connectivity index (χ1n) is 6.40. The van der Waals surface area contributed by atoms with Gasteiger partial charge in [-0.15, -0.1) is 0 Å². The number of hydrogen-bond acceptors (Lipinski definition) is 1. The molecule has 0 aliphatic heterocycles. The number of alkyl halides is 3. The van der Waals surface area contributed by atoms with E-state index in [-0.39, 0.29) is 12.8 Å². The zero-order valence-corrected chi connectivity index (χ0v) is 10.3. The van der Waals surface area contributed by atoms with E-state index >= 15 is 0 Å². The number of rotatable bonds is 3. The molecule has 1 N–H and O–H groups in total. The number of hydrogen-bond donors (Lipinski definition) is 1. The molecule has 0 aromatic heterocycles.